The molecule has 1 aromatic rings. The van der Waals surface area contributed by atoms with E-state index in [0.717, 1.165) is 25.2 Å². The van der Waals surface area contributed by atoms with Gasteiger partial charge in [0.1, 0.15) is 0 Å². The summed E-state index contributed by atoms with van der Waals surface area (Å²) in [5.41, 5.74) is 0.758. The molecule has 98 valence electrons. The highest BCUT2D eigenvalue weighted by Gasteiger charge is 2.66. The molecule has 1 aliphatic carbocycles. The highest BCUT2D eigenvalue weighted by atomic mass is 16.4. The maximum Gasteiger partial charge on any atom is 0.404 e. The van der Waals surface area contributed by atoms with Crippen LogP contribution in [0.15, 0.2) is 6.20 Å². The summed E-state index contributed by atoms with van der Waals surface area (Å²) in [6, 6.07) is 0. The Balaban J connectivity index is 1.87. The van der Waals surface area contributed by atoms with Crippen molar-refractivity contribution < 1.29 is 9.90 Å². The summed E-state index contributed by atoms with van der Waals surface area (Å²) in [4.78, 5) is 10.7. The molecule has 1 saturated heterocycles. The molecule has 3 N–H and O–H groups in total. The van der Waals surface area contributed by atoms with Crippen LogP contribution in [0.5, 0.6) is 0 Å². The topological polar surface area (TPSA) is 92.1 Å². The Morgan fingerprint density at radius 3 is 3.11 bits per heavy atom. The minimum Gasteiger partial charge on any atom is -0.465 e. The number of aromatic nitrogens is 3. The van der Waals surface area contributed by atoms with E-state index in [1.54, 1.807) is 4.68 Å². The normalized spacial score (nSPS) is 33.8. The zero-order valence-corrected chi connectivity index (χ0v) is 10.3. The molecular weight excluding hydrogens is 234 g/mol. The number of nitrogens with zero attached hydrogens (tertiary/aromatic N) is 3. The number of carboxylic acid groups (broad SMARTS) is 1. The zero-order chi connectivity index (χ0) is 12.8. The molecule has 0 aromatic carbocycles. The Bertz CT molecular complexity index is 460. The minimum atomic E-state index is -0.977. The number of piperidine rings is 1. The average Bonchev–Trinajstić information content (AvgIpc) is 2.81. The van der Waals surface area contributed by atoms with Crippen molar-refractivity contribution in [1.82, 2.24) is 25.6 Å². The minimum absolute atomic E-state index is 0.157. The molecule has 18 heavy (non-hydrogen) atoms. The molecule has 2 fully saturated rings. The summed E-state index contributed by atoms with van der Waals surface area (Å²) in [6.45, 7) is 2.36. The Morgan fingerprint density at radius 1 is 1.72 bits per heavy atom. The van der Waals surface area contributed by atoms with Crippen LogP contribution < -0.4 is 10.6 Å². The van der Waals surface area contributed by atoms with Crippen LogP contribution in [-0.4, -0.2) is 45.8 Å². The van der Waals surface area contributed by atoms with Crippen molar-refractivity contribution in [2.45, 2.75) is 11.8 Å². The lowest BCUT2D eigenvalue weighted by Crippen LogP contribution is -2.34. The van der Waals surface area contributed by atoms with Crippen LogP contribution in [0, 0.1) is 11.8 Å². The van der Waals surface area contributed by atoms with E-state index in [1.807, 2.05) is 13.2 Å². The van der Waals surface area contributed by atoms with E-state index in [1.165, 1.54) is 0 Å². The van der Waals surface area contributed by atoms with E-state index < -0.39 is 6.09 Å². The lowest BCUT2D eigenvalue weighted by molar-refractivity contribution is 0.192. The van der Waals surface area contributed by atoms with Crippen molar-refractivity contribution in [1.29, 1.82) is 0 Å². The molecule has 0 radical (unpaired) electrons. The van der Waals surface area contributed by atoms with Crippen LogP contribution in [0.1, 0.15) is 12.1 Å². The molecule has 1 saturated carbocycles. The smallest absolute Gasteiger partial charge is 0.404 e. The van der Waals surface area contributed by atoms with E-state index in [0.29, 0.717) is 18.4 Å². The maximum absolute atomic E-state index is 10.7. The Morgan fingerprint density at radius 2 is 2.56 bits per heavy atom. The summed E-state index contributed by atoms with van der Waals surface area (Å²) in [5, 5.41) is 22.9. The predicted molar refractivity (Wildman–Crippen MR) is 63.2 cm³/mol. The third-order valence-electron chi connectivity index (χ3n) is 4.31. The van der Waals surface area contributed by atoms with Crippen molar-refractivity contribution in [3.63, 3.8) is 0 Å². The van der Waals surface area contributed by atoms with E-state index in [2.05, 4.69) is 20.9 Å². The first kappa shape index (κ1) is 11.5. The highest BCUT2D eigenvalue weighted by molar-refractivity contribution is 5.64. The third kappa shape index (κ3) is 1.58. The zero-order valence-electron chi connectivity index (χ0n) is 10.3. The second-order valence-corrected chi connectivity index (χ2v) is 5.18. The highest BCUT2D eigenvalue weighted by Crippen LogP contribution is 2.61. The van der Waals surface area contributed by atoms with Crippen LogP contribution >= 0.6 is 0 Å². The molecular formula is C11H17N5O2. The fourth-order valence-corrected chi connectivity index (χ4v) is 3.42. The van der Waals surface area contributed by atoms with E-state index in [4.69, 9.17) is 5.11 Å². The Labute approximate surface area is 105 Å². The second-order valence-electron chi connectivity index (χ2n) is 5.18. The van der Waals surface area contributed by atoms with Gasteiger partial charge in [-0.2, -0.15) is 0 Å². The molecule has 1 aromatic heterocycles. The number of aryl methyl sites for hydroxylation is 1. The van der Waals surface area contributed by atoms with Gasteiger partial charge in [-0.25, -0.2) is 4.79 Å². The molecule has 1 amide bonds. The number of nitrogens with one attached hydrogen (secondary N) is 2. The SMILES string of the molecule is Cn1cc(C2(CNC(=O)O)C3CCNCC32)nn1. The number of hydrogen-bond acceptors (Lipinski definition) is 4. The van der Waals surface area contributed by atoms with Crippen molar-refractivity contribution in [2.24, 2.45) is 18.9 Å². The second kappa shape index (κ2) is 3.94. The van der Waals surface area contributed by atoms with Gasteiger partial charge < -0.3 is 15.7 Å². The van der Waals surface area contributed by atoms with Gasteiger partial charge in [-0.1, -0.05) is 5.21 Å². The molecule has 3 rings (SSSR count). The van der Waals surface area contributed by atoms with E-state index in [-0.39, 0.29) is 5.41 Å². The van der Waals surface area contributed by atoms with Crippen LogP contribution in [0.4, 0.5) is 4.79 Å². The fraction of sp³-hybridized carbons (Fsp3) is 0.727. The van der Waals surface area contributed by atoms with Crippen molar-refractivity contribution in [3.8, 4) is 0 Å². The molecule has 7 heteroatoms. The quantitative estimate of drug-likeness (QED) is 0.677. The summed E-state index contributed by atoms with van der Waals surface area (Å²) in [7, 11) is 1.83. The first-order valence-corrected chi connectivity index (χ1v) is 6.19. The van der Waals surface area contributed by atoms with Gasteiger partial charge in [-0.05, 0) is 31.3 Å². The van der Waals surface area contributed by atoms with Crippen molar-refractivity contribution in [3.05, 3.63) is 11.9 Å². The van der Waals surface area contributed by atoms with E-state index in [9.17, 15) is 4.79 Å². The first-order valence-electron chi connectivity index (χ1n) is 6.19. The summed E-state index contributed by atoms with van der Waals surface area (Å²) in [5.74, 6) is 0.983. The first-order chi connectivity index (χ1) is 8.64. The number of carbonyl (C=O) groups is 1. The van der Waals surface area contributed by atoms with Gasteiger partial charge in [0.2, 0.25) is 0 Å². The predicted octanol–water partition coefficient (Wildman–Crippen LogP) is -0.440. The number of rotatable bonds is 3. The van der Waals surface area contributed by atoms with Crippen LogP contribution in [0.25, 0.3) is 0 Å². The molecule has 2 aliphatic rings. The summed E-state index contributed by atoms with van der Waals surface area (Å²) in [6.07, 6.45) is 2.00. The third-order valence-corrected chi connectivity index (χ3v) is 4.31. The average molecular weight is 251 g/mol. The van der Waals surface area contributed by atoms with Crippen molar-refractivity contribution in [2.75, 3.05) is 19.6 Å². The summed E-state index contributed by atoms with van der Waals surface area (Å²) < 4.78 is 1.68. The monoisotopic (exact) mass is 251 g/mol. The van der Waals surface area contributed by atoms with Crippen LogP contribution in [0.2, 0.25) is 0 Å². The largest absolute Gasteiger partial charge is 0.465 e. The fourth-order valence-electron chi connectivity index (χ4n) is 3.42. The molecule has 2 heterocycles. The van der Waals surface area contributed by atoms with Gasteiger partial charge in [0.15, 0.2) is 0 Å². The lowest BCUT2D eigenvalue weighted by Gasteiger charge is -2.14. The van der Waals surface area contributed by atoms with Gasteiger partial charge in [0.25, 0.3) is 0 Å². The van der Waals surface area contributed by atoms with Gasteiger partial charge in [-0.3, -0.25) is 4.68 Å². The Kier molecular flexibility index (Phi) is 2.51. The maximum atomic E-state index is 10.7. The molecule has 0 spiro atoms. The molecule has 3 atom stereocenters. The molecule has 7 nitrogen and oxygen atoms in total. The summed E-state index contributed by atoms with van der Waals surface area (Å²) >= 11 is 0. The van der Waals surface area contributed by atoms with Crippen LogP contribution in [-0.2, 0) is 12.5 Å². The van der Waals surface area contributed by atoms with Gasteiger partial charge in [0, 0.05) is 25.2 Å². The van der Waals surface area contributed by atoms with Crippen LogP contribution in [0.3, 0.4) is 0 Å². The lowest BCUT2D eigenvalue weighted by atomic mass is 9.97. The number of hydrogen-bond donors (Lipinski definition) is 3. The van der Waals surface area contributed by atoms with E-state index >= 15 is 0 Å². The molecule has 1 aliphatic heterocycles. The number of amides is 1. The number of fused-ring (bicyclic) bond motifs is 1. The molecule has 3 unspecified atom stereocenters. The van der Waals surface area contributed by atoms with Gasteiger partial charge in [-0.15, -0.1) is 5.10 Å². The van der Waals surface area contributed by atoms with Crippen molar-refractivity contribution >= 4 is 6.09 Å². The van der Waals surface area contributed by atoms with Gasteiger partial charge in [0.05, 0.1) is 5.69 Å². The van der Waals surface area contributed by atoms with Gasteiger partial charge >= 0.3 is 6.09 Å². The Hall–Kier alpha value is -1.63. The molecule has 0 bridgehead atoms. The standard InChI is InChI=1S/C11H17N5O2/c1-16-5-9(14-15-16)11(6-13-10(17)18)7-2-3-12-4-8(7)11/h5,7-8,12-13H,2-4,6H2,1H3,(H,17,18).